The lowest BCUT2D eigenvalue weighted by molar-refractivity contribution is 0.0899. The molecule has 0 unspecified atom stereocenters. The number of halogens is 1. The van der Waals surface area contributed by atoms with Crippen LogP contribution in [0.15, 0.2) is 65.3 Å². The first-order chi connectivity index (χ1) is 14.1. The van der Waals surface area contributed by atoms with Gasteiger partial charge < -0.3 is 9.72 Å². The van der Waals surface area contributed by atoms with Crippen LogP contribution in [0.5, 0.6) is 0 Å². The maximum absolute atomic E-state index is 12.9. The zero-order chi connectivity index (χ0) is 19.8. The first-order valence-electron chi connectivity index (χ1n) is 9.90. The van der Waals surface area contributed by atoms with Crippen molar-refractivity contribution in [3.63, 3.8) is 0 Å². The highest BCUT2D eigenvalue weighted by Crippen LogP contribution is 2.58. The van der Waals surface area contributed by atoms with Crippen molar-refractivity contribution in [3.05, 3.63) is 76.7 Å². The summed E-state index contributed by atoms with van der Waals surface area (Å²) in [5, 5.41) is 0. The molecule has 0 bridgehead atoms. The standard InChI is InChI=1S/C23H22BrN3O2/c24-18-8-6-17(7-9-18)19-13-25-21(26-19)20-12-23(10-11-23)15-27(20)22(28)29-14-16-4-2-1-3-5-16/h1-9,13,20H,10-12,14-15H2,(H,25,26)/t20-/m0/s1. The number of rotatable bonds is 4. The molecule has 5 nitrogen and oxygen atoms in total. The highest BCUT2D eigenvalue weighted by Gasteiger charge is 2.54. The number of ether oxygens (including phenoxy) is 1. The van der Waals surface area contributed by atoms with Crippen molar-refractivity contribution in [2.24, 2.45) is 5.41 Å². The maximum Gasteiger partial charge on any atom is 0.410 e. The molecule has 2 heterocycles. The van der Waals surface area contributed by atoms with E-state index < -0.39 is 0 Å². The van der Waals surface area contributed by atoms with Gasteiger partial charge in [0, 0.05) is 11.0 Å². The van der Waals surface area contributed by atoms with E-state index in [1.807, 2.05) is 65.7 Å². The highest BCUT2D eigenvalue weighted by atomic mass is 79.9. The average molecular weight is 452 g/mol. The van der Waals surface area contributed by atoms with Gasteiger partial charge in [-0.1, -0.05) is 58.4 Å². The first kappa shape index (κ1) is 18.4. The van der Waals surface area contributed by atoms with E-state index >= 15 is 0 Å². The molecule has 1 aromatic heterocycles. The van der Waals surface area contributed by atoms with E-state index in [0.29, 0.717) is 0 Å². The van der Waals surface area contributed by atoms with Crippen molar-refractivity contribution in [1.82, 2.24) is 14.9 Å². The van der Waals surface area contributed by atoms with Gasteiger partial charge in [-0.25, -0.2) is 9.78 Å². The van der Waals surface area contributed by atoms with Gasteiger partial charge in [0.1, 0.15) is 12.4 Å². The van der Waals surface area contributed by atoms with Crippen molar-refractivity contribution in [2.75, 3.05) is 6.54 Å². The Morgan fingerprint density at radius 2 is 1.93 bits per heavy atom. The number of H-pyrrole nitrogens is 1. The minimum atomic E-state index is -0.260. The molecular formula is C23H22BrN3O2. The molecule has 1 aliphatic carbocycles. The molecule has 5 rings (SSSR count). The van der Waals surface area contributed by atoms with Gasteiger partial charge in [-0.15, -0.1) is 0 Å². The Bertz CT molecular complexity index is 1010. The number of hydrogen-bond donors (Lipinski definition) is 1. The summed E-state index contributed by atoms with van der Waals surface area (Å²) < 4.78 is 6.67. The number of nitrogens with one attached hydrogen (secondary N) is 1. The van der Waals surface area contributed by atoms with Crippen molar-refractivity contribution >= 4 is 22.0 Å². The summed E-state index contributed by atoms with van der Waals surface area (Å²) in [4.78, 5) is 22.8. The van der Waals surface area contributed by atoms with Crippen LogP contribution in [0.25, 0.3) is 11.3 Å². The van der Waals surface area contributed by atoms with E-state index in [0.717, 1.165) is 40.1 Å². The van der Waals surface area contributed by atoms with Crippen LogP contribution in [0, 0.1) is 5.41 Å². The molecule has 1 saturated carbocycles. The molecule has 6 heteroatoms. The van der Waals surface area contributed by atoms with E-state index in [1.54, 1.807) is 0 Å². The summed E-state index contributed by atoms with van der Waals surface area (Å²) in [6, 6.07) is 17.8. The van der Waals surface area contributed by atoms with E-state index in [4.69, 9.17) is 4.74 Å². The normalized spacial score (nSPS) is 19.5. The van der Waals surface area contributed by atoms with Crippen LogP contribution >= 0.6 is 15.9 Å². The Hall–Kier alpha value is -2.60. The van der Waals surface area contributed by atoms with E-state index in [-0.39, 0.29) is 24.2 Å². The van der Waals surface area contributed by atoms with Gasteiger partial charge in [-0.3, -0.25) is 4.90 Å². The summed E-state index contributed by atoms with van der Waals surface area (Å²) in [6.07, 6.45) is 4.88. The SMILES string of the molecule is O=C(OCc1ccccc1)N1CC2(CC2)C[C@H]1c1ncc(-c2ccc(Br)cc2)[nH]1. The molecule has 29 heavy (non-hydrogen) atoms. The van der Waals surface area contributed by atoms with Gasteiger partial charge in [-0.05, 0) is 47.9 Å². The van der Waals surface area contributed by atoms with Gasteiger partial charge in [0.25, 0.3) is 0 Å². The number of likely N-dealkylation sites (tertiary alicyclic amines) is 1. The highest BCUT2D eigenvalue weighted by molar-refractivity contribution is 9.10. The fourth-order valence-corrected chi connectivity index (χ4v) is 4.38. The van der Waals surface area contributed by atoms with Gasteiger partial charge in [0.15, 0.2) is 0 Å². The summed E-state index contributed by atoms with van der Waals surface area (Å²) >= 11 is 3.47. The van der Waals surface area contributed by atoms with Crippen LogP contribution in [0.2, 0.25) is 0 Å². The molecule has 1 atom stereocenters. The molecule has 1 N–H and O–H groups in total. The molecule has 1 saturated heterocycles. The minimum Gasteiger partial charge on any atom is -0.445 e. The number of imidazole rings is 1. The smallest absolute Gasteiger partial charge is 0.410 e. The number of carbonyl (C=O) groups excluding carboxylic acids is 1. The van der Waals surface area contributed by atoms with Crippen LogP contribution < -0.4 is 0 Å². The zero-order valence-corrected chi connectivity index (χ0v) is 17.6. The number of hydrogen-bond acceptors (Lipinski definition) is 3. The van der Waals surface area contributed by atoms with Crippen molar-refractivity contribution in [1.29, 1.82) is 0 Å². The fraction of sp³-hybridized carbons (Fsp3) is 0.304. The Labute approximate surface area is 178 Å². The van der Waals surface area contributed by atoms with Crippen LogP contribution in [0.3, 0.4) is 0 Å². The van der Waals surface area contributed by atoms with Crippen molar-refractivity contribution in [3.8, 4) is 11.3 Å². The molecule has 2 aliphatic rings. The third kappa shape index (κ3) is 3.81. The van der Waals surface area contributed by atoms with Gasteiger partial charge >= 0.3 is 6.09 Å². The average Bonchev–Trinajstić information content (AvgIpc) is 3.14. The van der Waals surface area contributed by atoms with Crippen molar-refractivity contribution < 1.29 is 9.53 Å². The Balaban J connectivity index is 1.34. The predicted molar refractivity (Wildman–Crippen MR) is 114 cm³/mol. The third-order valence-electron chi connectivity index (χ3n) is 5.97. The Kier molecular flexibility index (Phi) is 4.66. The lowest BCUT2D eigenvalue weighted by Crippen LogP contribution is -2.32. The largest absolute Gasteiger partial charge is 0.445 e. The molecule has 1 spiro atoms. The van der Waals surface area contributed by atoms with Crippen LogP contribution in [0.4, 0.5) is 4.79 Å². The van der Waals surface area contributed by atoms with Gasteiger partial charge in [0.2, 0.25) is 0 Å². The molecule has 1 aliphatic heterocycles. The minimum absolute atomic E-state index is 0.0648. The number of amides is 1. The molecule has 148 valence electrons. The van der Waals surface area contributed by atoms with E-state index in [1.165, 1.54) is 12.8 Å². The van der Waals surface area contributed by atoms with Gasteiger partial charge in [0.05, 0.1) is 17.9 Å². The second kappa shape index (κ2) is 7.34. The number of aromatic nitrogens is 2. The van der Waals surface area contributed by atoms with Crippen molar-refractivity contribution in [2.45, 2.75) is 31.9 Å². The first-order valence-corrected chi connectivity index (χ1v) is 10.7. The zero-order valence-electron chi connectivity index (χ0n) is 16.0. The van der Waals surface area contributed by atoms with E-state index in [9.17, 15) is 4.79 Å². The number of nitrogens with zero attached hydrogens (tertiary/aromatic N) is 2. The Morgan fingerprint density at radius 1 is 1.17 bits per heavy atom. The number of benzene rings is 2. The van der Waals surface area contributed by atoms with Crippen LogP contribution in [-0.4, -0.2) is 27.5 Å². The van der Waals surface area contributed by atoms with E-state index in [2.05, 4.69) is 25.9 Å². The molecule has 3 aromatic rings. The predicted octanol–water partition coefficient (Wildman–Crippen LogP) is 5.70. The summed E-state index contributed by atoms with van der Waals surface area (Å²) in [7, 11) is 0. The lowest BCUT2D eigenvalue weighted by atomic mass is 10.0. The molecular weight excluding hydrogens is 430 g/mol. The summed E-state index contributed by atoms with van der Waals surface area (Å²) in [5.74, 6) is 0.836. The lowest BCUT2D eigenvalue weighted by Gasteiger charge is -2.22. The Morgan fingerprint density at radius 3 is 2.66 bits per heavy atom. The molecule has 2 fully saturated rings. The second-order valence-corrected chi connectivity index (χ2v) is 8.99. The quantitative estimate of drug-likeness (QED) is 0.552. The molecule has 1 amide bonds. The summed E-state index contributed by atoms with van der Waals surface area (Å²) in [5.41, 5.74) is 3.28. The molecule has 2 aromatic carbocycles. The second-order valence-electron chi connectivity index (χ2n) is 8.08. The van der Waals surface area contributed by atoms with Crippen LogP contribution in [-0.2, 0) is 11.3 Å². The van der Waals surface area contributed by atoms with Crippen LogP contribution in [0.1, 0.15) is 36.7 Å². The topological polar surface area (TPSA) is 58.2 Å². The third-order valence-corrected chi connectivity index (χ3v) is 6.50. The summed E-state index contributed by atoms with van der Waals surface area (Å²) in [6.45, 7) is 1.04. The number of aromatic amines is 1. The fourth-order valence-electron chi connectivity index (χ4n) is 4.12. The van der Waals surface area contributed by atoms with Gasteiger partial charge in [-0.2, -0.15) is 0 Å². The molecule has 0 radical (unpaired) electrons. The monoisotopic (exact) mass is 451 g/mol. The maximum atomic E-state index is 12.9. The number of carbonyl (C=O) groups is 1.